The van der Waals surface area contributed by atoms with Crippen molar-refractivity contribution >= 4 is 0 Å². The van der Waals surface area contributed by atoms with Gasteiger partial charge in [-0.1, -0.05) is 0 Å². The fourth-order valence-corrected chi connectivity index (χ4v) is 0.278. The first kappa shape index (κ1) is 31.6. The number of rotatable bonds is 0. The maximum absolute atomic E-state index is 2.86. The summed E-state index contributed by atoms with van der Waals surface area (Å²) in [6, 6.07) is 3.89. The van der Waals surface area contributed by atoms with Crippen LogP contribution in [0.15, 0.2) is 24.5 Å². The summed E-state index contributed by atoms with van der Waals surface area (Å²) in [7, 11) is 0. The van der Waals surface area contributed by atoms with Crippen LogP contribution in [0.5, 0.6) is 0 Å². The van der Waals surface area contributed by atoms with Gasteiger partial charge in [-0.15, -0.1) is 0 Å². The summed E-state index contributed by atoms with van der Waals surface area (Å²) in [5, 5.41) is 0. The summed E-state index contributed by atoms with van der Waals surface area (Å²) in [6.07, 6.45) is 3.75. The quantitative estimate of drug-likeness (QED) is 0.681. The van der Waals surface area contributed by atoms with Crippen LogP contribution in [0, 0.1) is 60.8 Å². The normalized spacial score (nSPS) is 4.00. The zero-order valence-electron chi connectivity index (χ0n) is 7.31. The molecule has 10 heavy (non-hydrogen) atoms. The van der Waals surface area contributed by atoms with E-state index < -0.39 is 0 Å². The van der Waals surface area contributed by atoms with E-state index in [1.807, 2.05) is 24.5 Å². The number of nitrogens with one attached hydrogen (secondary N) is 1. The van der Waals surface area contributed by atoms with E-state index in [0.29, 0.717) is 0 Å². The predicted octanol–water partition coefficient (Wildman–Crippen LogP) is 2.82. The number of aromatic amines is 1. The molecule has 1 aromatic heterocycles. The van der Waals surface area contributed by atoms with E-state index in [-0.39, 0.29) is 60.8 Å². The van der Waals surface area contributed by atoms with Gasteiger partial charge in [0, 0.05) is 12.4 Å². The molecule has 1 rings (SSSR count). The van der Waals surface area contributed by atoms with Crippen LogP contribution in [0.1, 0.15) is 0 Å². The molecule has 0 saturated heterocycles. The Balaban J connectivity index is -0.0000000167. The summed E-state index contributed by atoms with van der Waals surface area (Å²) in [6.45, 7) is 0. The summed E-state index contributed by atoms with van der Waals surface area (Å²) >= 11 is 0. The molecule has 0 spiro atoms. The van der Waals surface area contributed by atoms with E-state index in [2.05, 4.69) is 4.98 Å². The molecule has 2 heteroatoms. The van der Waals surface area contributed by atoms with Crippen molar-refractivity contribution in [1.29, 1.82) is 0 Å². The molecule has 0 atom stereocenters. The second-order valence-electron chi connectivity index (χ2n) is 0.885. The second-order valence-corrected chi connectivity index (χ2v) is 0.885. The van der Waals surface area contributed by atoms with E-state index >= 15 is 0 Å². The van der Waals surface area contributed by atoms with Crippen LogP contribution in [0.4, 0.5) is 0 Å². The third kappa shape index (κ3) is 15.8. The minimum atomic E-state index is 0. The summed E-state index contributed by atoms with van der Waals surface area (Å²) in [4.78, 5) is 2.86. The van der Waals surface area contributed by atoms with Crippen molar-refractivity contribution in [3.63, 3.8) is 0 Å². The molecule has 1 nitrogen and oxygen atoms in total. The van der Waals surface area contributed by atoms with Crippen molar-refractivity contribution in [2.75, 3.05) is 0 Å². The van der Waals surface area contributed by atoms with Gasteiger partial charge in [-0.05, 0) is 12.1 Å². The molecule has 0 bridgehead atoms. The van der Waals surface area contributed by atoms with Gasteiger partial charge in [0.2, 0.25) is 0 Å². The first-order chi connectivity index (χ1) is 2.50. The topological polar surface area (TPSA) is 15.8 Å². The molecule has 0 aliphatic carbocycles. The van der Waals surface area contributed by atoms with Crippen molar-refractivity contribution < 1.29 is 31.1 Å². The van der Waals surface area contributed by atoms with Crippen LogP contribution in [0.2, 0.25) is 0 Å². The molecule has 1 heterocycles. The third-order valence-corrected chi connectivity index (χ3v) is 0.496. The maximum atomic E-state index is 2.86. The van der Waals surface area contributed by atoms with Gasteiger partial charge in [-0.3, -0.25) is 0 Å². The molecule has 58 valence electrons. The summed E-state index contributed by atoms with van der Waals surface area (Å²) in [5.74, 6) is 0. The molecule has 0 aliphatic heterocycles. The van der Waals surface area contributed by atoms with Gasteiger partial charge in [-0.25, -0.2) is 0 Å². The van der Waals surface area contributed by atoms with Crippen LogP contribution in [0.3, 0.4) is 0 Å². The van der Waals surface area contributed by atoms with Crippen LogP contribution in [-0.2, 0) is 0 Å². The van der Waals surface area contributed by atoms with E-state index in [1.54, 1.807) is 0 Å². The Morgan fingerprint density at radius 1 is 0.700 bits per heavy atom. The van der Waals surface area contributed by atoms with Crippen molar-refractivity contribution in [2.45, 2.75) is 0 Å². The summed E-state index contributed by atoms with van der Waals surface area (Å²) < 4.78 is 0. The van der Waals surface area contributed by atoms with Crippen molar-refractivity contribution in [3.05, 3.63) is 54.2 Å². The monoisotopic (exact) mass is 365 g/mol. The van der Waals surface area contributed by atoms with E-state index in [9.17, 15) is 0 Å². The molecule has 0 saturated carbocycles. The molecule has 0 fully saturated rings. The second kappa shape index (κ2) is 22.8. The van der Waals surface area contributed by atoms with Gasteiger partial charge in [-0.2, -0.15) is 0 Å². The fraction of sp³-hybridized carbons (Fsp3) is 0. The number of hydrogen-bond donors (Lipinski definition) is 1. The number of H-pyrrole nitrogens is 1. The minimum absolute atomic E-state index is 0. The van der Waals surface area contributed by atoms with Crippen LogP contribution in [0.25, 0.3) is 0 Å². The van der Waals surface area contributed by atoms with Gasteiger partial charge in [0.1, 0.15) is 0 Å². The SMILES string of the molecule is [CH3-].[CH3-].[CH3-].[CH3-].[U+4].c1cc[nH]c1. The van der Waals surface area contributed by atoms with Crippen LogP contribution >= 0.6 is 0 Å². The van der Waals surface area contributed by atoms with E-state index in [4.69, 9.17) is 0 Å². The fourth-order valence-electron chi connectivity index (χ4n) is 0.278. The van der Waals surface area contributed by atoms with Gasteiger partial charge in [0.05, 0.1) is 0 Å². The zero-order chi connectivity index (χ0) is 3.54. The van der Waals surface area contributed by atoms with Crippen molar-refractivity contribution in [3.8, 4) is 0 Å². The van der Waals surface area contributed by atoms with Gasteiger partial charge in [0.25, 0.3) is 0 Å². The molecular formula is C8H17NU. The molecular weight excluding hydrogens is 348 g/mol. The third-order valence-electron chi connectivity index (χ3n) is 0.496. The van der Waals surface area contributed by atoms with Crippen LogP contribution < -0.4 is 0 Å². The average molecular weight is 365 g/mol. The minimum Gasteiger partial charge on any atom is -0.368 e. The Hall–Kier alpha value is 0.332. The standard InChI is InChI=1S/C4H5N.4CH3.U/c1-2-4-5-3-1;;;;;/h1-5H;4*1H3;/q;4*-1;+4. The maximum Gasteiger partial charge on any atom is 4.00 e. The molecule has 1 aromatic rings. The molecule has 0 amide bonds. The Morgan fingerprint density at radius 2 is 1.00 bits per heavy atom. The van der Waals surface area contributed by atoms with Crippen molar-refractivity contribution in [1.82, 2.24) is 4.98 Å². The summed E-state index contributed by atoms with van der Waals surface area (Å²) in [5.41, 5.74) is 0. The molecule has 0 aliphatic rings. The van der Waals surface area contributed by atoms with Gasteiger partial charge < -0.3 is 34.7 Å². The first-order valence-electron chi connectivity index (χ1n) is 1.58. The number of hydrogen-bond acceptors (Lipinski definition) is 0. The van der Waals surface area contributed by atoms with E-state index in [0.717, 1.165) is 0 Å². The smallest absolute Gasteiger partial charge is 0.368 e. The Bertz CT molecular complexity index is 65.7. The van der Waals surface area contributed by atoms with E-state index in [1.165, 1.54) is 0 Å². The number of aromatic nitrogens is 1. The molecule has 0 radical (unpaired) electrons. The van der Waals surface area contributed by atoms with Gasteiger partial charge in [0.15, 0.2) is 0 Å². The van der Waals surface area contributed by atoms with Crippen molar-refractivity contribution in [2.24, 2.45) is 0 Å². The Morgan fingerprint density at radius 3 is 1.10 bits per heavy atom. The molecule has 0 aromatic carbocycles. The van der Waals surface area contributed by atoms with Gasteiger partial charge >= 0.3 is 31.1 Å². The Labute approximate surface area is 90.0 Å². The average Bonchev–Trinajstić information content (AvgIpc) is 1.76. The predicted molar refractivity (Wildman–Crippen MR) is 46.4 cm³/mol. The first-order valence-corrected chi connectivity index (χ1v) is 1.58. The molecule has 1 N–H and O–H groups in total. The Kier molecular flexibility index (Phi) is 72.1. The largest absolute Gasteiger partial charge is 4.00 e. The molecule has 0 unspecified atom stereocenters. The van der Waals surface area contributed by atoms with Crippen LogP contribution in [-0.4, -0.2) is 4.98 Å². The zero-order valence-corrected chi connectivity index (χ0v) is 11.5.